The van der Waals surface area contributed by atoms with Crippen molar-refractivity contribution >= 4 is 23.5 Å². The lowest BCUT2D eigenvalue weighted by molar-refractivity contribution is -0.161. The highest BCUT2D eigenvalue weighted by molar-refractivity contribution is 6.05. The molecule has 0 aliphatic carbocycles. The summed E-state index contributed by atoms with van der Waals surface area (Å²) in [5.41, 5.74) is -1.08. The van der Waals surface area contributed by atoms with Gasteiger partial charge in [0.2, 0.25) is 5.91 Å². The van der Waals surface area contributed by atoms with Crippen LogP contribution in [0.1, 0.15) is 31.9 Å². The molecule has 222 valence electrons. The fourth-order valence-corrected chi connectivity index (χ4v) is 7.27. The Morgan fingerprint density at radius 2 is 1.86 bits per heavy atom. The van der Waals surface area contributed by atoms with Crippen molar-refractivity contribution in [3.05, 3.63) is 85.5 Å². The number of carbonyl (C=O) groups is 3. The van der Waals surface area contributed by atoms with Gasteiger partial charge >= 0.3 is 5.97 Å². The zero-order valence-electron chi connectivity index (χ0n) is 24.3. The van der Waals surface area contributed by atoms with Crippen LogP contribution in [0.25, 0.3) is 0 Å². The summed E-state index contributed by atoms with van der Waals surface area (Å²) in [5, 5.41) is 10.7. The van der Waals surface area contributed by atoms with Crippen LogP contribution in [0.3, 0.4) is 0 Å². The molecule has 3 unspecified atom stereocenters. The summed E-state index contributed by atoms with van der Waals surface area (Å²) in [5.74, 6) is -2.79. The Hall–Kier alpha value is -3.95. The van der Waals surface area contributed by atoms with Crippen molar-refractivity contribution in [3.8, 4) is 5.75 Å². The second-order valence-electron chi connectivity index (χ2n) is 11.4. The Balaban J connectivity index is 1.67. The minimum absolute atomic E-state index is 0.00631. The topological polar surface area (TPSA) is 106 Å². The quantitative estimate of drug-likeness (QED) is 0.322. The van der Waals surface area contributed by atoms with Gasteiger partial charge in [0.25, 0.3) is 5.91 Å². The van der Waals surface area contributed by atoms with Crippen LogP contribution in [0.15, 0.2) is 79.9 Å². The number of nitrogens with zero attached hydrogens (tertiary/aromatic N) is 2. The van der Waals surface area contributed by atoms with Crippen molar-refractivity contribution in [2.45, 2.75) is 43.6 Å². The Morgan fingerprint density at radius 3 is 2.45 bits per heavy atom. The molecule has 2 bridgehead atoms. The van der Waals surface area contributed by atoms with Crippen LogP contribution in [-0.2, 0) is 23.9 Å². The van der Waals surface area contributed by atoms with E-state index in [4.69, 9.17) is 14.2 Å². The van der Waals surface area contributed by atoms with Gasteiger partial charge in [-0.25, -0.2) is 0 Å². The molecule has 0 saturated carbocycles. The van der Waals surface area contributed by atoms with Gasteiger partial charge in [0, 0.05) is 12.2 Å². The molecule has 1 N–H and O–H groups in total. The van der Waals surface area contributed by atoms with Gasteiger partial charge in [0.15, 0.2) is 0 Å². The van der Waals surface area contributed by atoms with Gasteiger partial charge in [-0.2, -0.15) is 0 Å². The van der Waals surface area contributed by atoms with E-state index in [9.17, 15) is 19.5 Å². The lowest BCUT2D eigenvalue weighted by Crippen LogP contribution is -2.57. The van der Waals surface area contributed by atoms with E-state index in [0.29, 0.717) is 23.4 Å². The van der Waals surface area contributed by atoms with Gasteiger partial charge < -0.3 is 29.1 Å². The molecule has 7 atom stereocenters. The van der Waals surface area contributed by atoms with Crippen LogP contribution >= 0.6 is 0 Å². The van der Waals surface area contributed by atoms with Crippen LogP contribution in [0.5, 0.6) is 5.75 Å². The van der Waals surface area contributed by atoms with Gasteiger partial charge in [-0.1, -0.05) is 56.0 Å². The van der Waals surface area contributed by atoms with Gasteiger partial charge in [-0.05, 0) is 49.1 Å². The highest BCUT2D eigenvalue weighted by Gasteiger charge is 2.81. The van der Waals surface area contributed by atoms with E-state index in [2.05, 4.69) is 13.2 Å². The Kier molecular flexibility index (Phi) is 8.00. The number of benzene rings is 2. The van der Waals surface area contributed by atoms with Crippen LogP contribution in [0.2, 0.25) is 0 Å². The molecular weight excluding hydrogens is 536 g/mol. The van der Waals surface area contributed by atoms with Gasteiger partial charge in [-0.3, -0.25) is 14.4 Å². The van der Waals surface area contributed by atoms with Crippen LogP contribution in [0.4, 0.5) is 5.69 Å². The average molecular weight is 575 g/mol. The maximum atomic E-state index is 14.8. The zero-order valence-corrected chi connectivity index (χ0v) is 24.3. The fraction of sp³-hybridized carbons (Fsp3) is 0.424. The molecule has 0 radical (unpaired) electrons. The normalized spacial score (nSPS) is 30.0. The number of fused-ring (bicyclic) bond motifs is 1. The molecule has 3 saturated heterocycles. The molecule has 0 aromatic heterocycles. The molecule has 9 heteroatoms. The summed E-state index contributed by atoms with van der Waals surface area (Å²) < 4.78 is 17.6. The number of esters is 1. The van der Waals surface area contributed by atoms with Crippen LogP contribution in [-0.4, -0.2) is 71.9 Å². The minimum atomic E-state index is -1.31. The molecule has 1 spiro atoms. The van der Waals surface area contributed by atoms with E-state index in [1.54, 1.807) is 42.4 Å². The average Bonchev–Trinajstić information content (AvgIpc) is 3.52. The first-order chi connectivity index (χ1) is 20.2. The molecule has 2 amide bonds. The van der Waals surface area contributed by atoms with E-state index in [0.717, 1.165) is 0 Å². The predicted octanol–water partition coefficient (Wildman–Crippen LogP) is 3.69. The summed E-state index contributed by atoms with van der Waals surface area (Å²) in [4.78, 5) is 46.0. The third-order valence-electron chi connectivity index (χ3n) is 9.24. The largest absolute Gasteiger partial charge is 0.497 e. The molecule has 42 heavy (non-hydrogen) atoms. The number of anilines is 1. The molecule has 3 aliphatic rings. The summed E-state index contributed by atoms with van der Waals surface area (Å²) in [7, 11) is 1.56. The molecule has 2 aromatic carbocycles. The zero-order chi connectivity index (χ0) is 30.2. The number of rotatable bonds is 11. The van der Waals surface area contributed by atoms with Gasteiger partial charge in [0.05, 0.1) is 31.3 Å². The molecule has 3 aliphatic heterocycles. The smallest absolute Gasteiger partial charge is 0.313 e. The monoisotopic (exact) mass is 574 g/mol. The third kappa shape index (κ3) is 4.42. The summed E-state index contributed by atoms with van der Waals surface area (Å²) in [6.07, 6.45) is 3.48. The number of carbonyl (C=O) groups excluding carboxylic acids is 3. The molecule has 9 nitrogen and oxygen atoms in total. The molecule has 3 fully saturated rings. The molecule has 5 rings (SSSR count). The standard InChI is InChI=1S/C33H38N2O7/c1-6-17-34(23-13-15-24(40-5)16-14-23)30(38)28-33-19-21(3)32(4,42-33)27(31(39)41-18-7-2)26(33)29(37)35(28)25(20-36)22-11-9-8-10-12-22/h6-16,21,25-28,36H,1-2,17-20H2,3-5H3/t21?,25-,26+,27+,28?,32-,33?/m1/s1. The Bertz CT molecular complexity index is 1360. The summed E-state index contributed by atoms with van der Waals surface area (Å²) in [6.45, 7) is 11.0. The van der Waals surface area contributed by atoms with Crippen molar-refractivity contribution in [3.63, 3.8) is 0 Å². The van der Waals surface area contributed by atoms with Crippen LogP contribution < -0.4 is 9.64 Å². The Morgan fingerprint density at radius 1 is 1.17 bits per heavy atom. The first-order valence-corrected chi connectivity index (χ1v) is 14.2. The first kappa shape index (κ1) is 29.5. The van der Waals surface area contributed by atoms with Crippen LogP contribution in [0, 0.1) is 17.8 Å². The van der Waals surface area contributed by atoms with Gasteiger partial charge in [0.1, 0.15) is 29.9 Å². The number of amides is 2. The van der Waals surface area contributed by atoms with E-state index in [1.807, 2.05) is 44.2 Å². The van der Waals surface area contributed by atoms with Gasteiger partial charge in [-0.15, -0.1) is 6.58 Å². The van der Waals surface area contributed by atoms with E-state index in [-0.39, 0.29) is 25.0 Å². The van der Waals surface area contributed by atoms with Crippen molar-refractivity contribution < 1.29 is 33.7 Å². The number of likely N-dealkylation sites (tertiary alicyclic amines) is 1. The van der Waals surface area contributed by atoms with Crippen molar-refractivity contribution in [2.75, 3.05) is 31.8 Å². The number of ether oxygens (including phenoxy) is 3. The first-order valence-electron chi connectivity index (χ1n) is 14.2. The Labute approximate surface area is 246 Å². The maximum absolute atomic E-state index is 14.8. The lowest BCUT2D eigenvalue weighted by Gasteiger charge is -2.39. The summed E-state index contributed by atoms with van der Waals surface area (Å²) in [6, 6.07) is 14.2. The lowest BCUT2D eigenvalue weighted by atomic mass is 9.62. The van der Waals surface area contributed by atoms with Crippen molar-refractivity contribution in [2.24, 2.45) is 17.8 Å². The van der Waals surface area contributed by atoms with E-state index >= 15 is 0 Å². The number of hydrogen-bond donors (Lipinski definition) is 1. The SMILES string of the molecule is C=CCOC(=O)[C@@H]1[C@H]2C(=O)N([C@H](CO)c3ccccc3)C(C(=O)N(CC=C)c3ccc(OC)cc3)C23CC(C)[C@@]1(C)O3. The fourth-order valence-electron chi connectivity index (χ4n) is 7.27. The molecule has 2 aromatic rings. The van der Waals surface area contributed by atoms with E-state index in [1.165, 1.54) is 11.0 Å². The predicted molar refractivity (Wildman–Crippen MR) is 157 cm³/mol. The van der Waals surface area contributed by atoms with E-state index < -0.39 is 53.6 Å². The highest BCUT2D eigenvalue weighted by atomic mass is 16.6. The maximum Gasteiger partial charge on any atom is 0.313 e. The van der Waals surface area contributed by atoms with Crippen molar-refractivity contribution in [1.82, 2.24) is 4.90 Å². The molecule has 3 heterocycles. The number of methoxy groups -OCH3 is 1. The molecular formula is C33H38N2O7. The highest BCUT2D eigenvalue weighted by Crippen LogP contribution is 2.66. The third-order valence-corrected chi connectivity index (χ3v) is 9.24. The number of aliphatic hydroxyl groups is 1. The second kappa shape index (κ2) is 11.4. The number of hydrogen-bond acceptors (Lipinski definition) is 7. The number of aliphatic hydroxyl groups excluding tert-OH is 1. The van der Waals surface area contributed by atoms with Crippen molar-refractivity contribution in [1.29, 1.82) is 0 Å². The minimum Gasteiger partial charge on any atom is -0.497 e. The summed E-state index contributed by atoms with van der Waals surface area (Å²) >= 11 is 0. The second-order valence-corrected chi connectivity index (χ2v) is 11.4.